The molecule has 1 saturated heterocycles. The predicted octanol–water partition coefficient (Wildman–Crippen LogP) is 1.08. The number of hydrogen-bond donors (Lipinski definition) is 1. The number of benzene rings is 1. The van der Waals surface area contributed by atoms with Crippen LogP contribution in [0.1, 0.15) is 25.3 Å². The lowest BCUT2D eigenvalue weighted by atomic mass is 10.1. The van der Waals surface area contributed by atoms with Crippen LogP contribution >= 0.6 is 0 Å². The molecule has 6 nitrogen and oxygen atoms in total. The van der Waals surface area contributed by atoms with Crippen molar-refractivity contribution in [1.29, 1.82) is 0 Å². The summed E-state index contributed by atoms with van der Waals surface area (Å²) in [6.07, 6.45) is 2.44. The van der Waals surface area contributed by atoms with Gasteiger partial charge in [0.15, 0.2) is 0 Å². The largest absolute Gasteiger partial charge is 0.340 e. The molecule has 0 radical (unpaired) electrons. The van der Waals surface area contributed by atoms with Gasteiger partial charge in [0.2, 0.25) is 15.9 Å². The van der Waals surface area contributed by atoms with E-state index in [9.17, 15) is 13.2 Å². The number of piperazine rings is 1. The Morgan fingerprint density at radius 1 is 1.12 bits per heavy atom. The van der Waals surface area contributed by atoms with Gasteiger partial charge >= 0.3 is 0 Å². The van der Waals surface area contributed by atoms with Gasteiger partial charge < -0.3 is 10.2 Å². The minimum atomic E-state index is -3.48. The van der Waals surface area contributed by atoms with Crippen molar-refractivity contribution in [2.45, 2.75) is 31.1 Å². The standard InChI is InChI=1S/C17H27N3O3S/c1-3-4-15-5-7-16(8-6-15)24(22,23)20-13-11-19(12-14-20)17(21)9-10-18-2/h5-8,18H,3-4,9-14H2,1-2H3. The van der Waals surface area contributed by atoms with Gasteiger partial charge in [-0.2, -0.15) is 4.31 Å². The lowest BCUT2D eigenvalue weighted by Gasteiger charge is -2.34. The van der Waals surface area contributed by atoms with Gasteiger partial charge in [-0.05, 0) is 31.2 Å². The summed E-state index contributed by atoms with van der Waals surface area (Å²) in [4.78, 5) is 14.1. The van der Waals surface area contributed by atoms with Crippen LogP contribution < -0.4 is 5.32 Å². The summed E-state index contributed by atoms with van der Waals surface area (Å²) in [6.45, 7) is 4.35. The van der Waals surface area contributed by atoms with E-state index in [-0.39, 0.29) is 5.91 Å². The lowest BCUT2D eigenvalue weighted by Crippen LogP contribution is -2.50. The second-order valence-electron chi connectivity index (χ2n) is 6.03. The molecule has 0 aromatic heterocycles. The molecule has 2 rings (SSSR count). The third kappa shape index (κ3) is 4.55. The highest BCUT2D eigenvalue weighted by molar-refractivity contribution is 7.89. The zero-order chi connectivity index (χ0) is 17.6. The molecule has 1 aromatic carbocycles. The molecular weight excluding hydrogens is 326 g/mol. The van der Waals surface area contributed by atoms with Gasteiger partial charge in [0.1, 0.15) is 0 Å². The van der Waals surface area contributed by atoms with Crippen LogP contribution in [0.5, 0.6) is 0 Å². The van der Waals surface area contributed by atoms with Gasteiger partial charge in [0, 0.05) is 39.1 Å². The number of carbonyl (C=O) groups excluding carboxylic acids is 1. The van der Waals surface area contributed by atoms with Crippen molar-refractivity contribution in [3.63, 3.8) is 0 Å². The molecule has 1 aliphatic heterocycles. The molecule has 0 saturated carbocycles. The van der Waals surface area contributed by atoms with Gasteiger partial charge in [-0.3, -0.25) is 4.79 Å². The van der Waals surface area contributed by atoms with Crippen LogP contribution in [0, 0.1) is 0 Å². The molecule has 1 N–H and O–H groups in total. The van der Waals surface area contributed by atoms with Gasteiger partial charge in [-0.15, -0.1) is 0 Å². The fourth-order valence-corrected chi connectivity index (χ4v) is 4.26. The predicted molar refractivity (Wildman–Crippen MR) is 94.3 cm³/mol. The van der Waals surface area contributed by atoms with Crippen molar-refractivity contribution in [2.24, 2.45) is 0 Å². The lowest BCUT2D eigenvalue weighted by molar-refractivity contribution is -0.132. The van der Waals surface area contributed by atoms with Crippen LogP contribution in [0.3, 0.4) is 0 Å². The second kappa shape index (κ2) is 8.60. The maximum absolute atomic E-state index is 12.7. The van der Waals surface area contributed by atoms with Gasteiger partial charge in [0.05, 0.1) is 4.90 Å². The quantitative estimate of drug-likeness (QED) is 0.796. The van der Waals surface area contributed by atoms with Gasteiger partial charge in [0.25, 0.3) is 0 Å². The van der Waals surface area contributed by atoms with Crippen molar-refractivity contribution in [1.82, 2.24) is 14.5 Å². The molecule has 0 bridgehead atoms. The van der Waals surface area contributed by atoms with Crippen LogP contribution in [0.25, 0.3) is 0 Å². The first kappa shape index (κ1) is 18.9. The number of hydrogen-bond acceptors (Lipinski definition) is 4. The van der Waals surface area contributed by atoms with Crippen LogP contribution in [0.2, 0.25) is 0 Å². The van der Waals surface area contributed by atoms with E-state index >= 15 is 0 Å². The Labute approximate surface area is 144 Å². The monoisotopic (exact) mass is 353 g/mol. The third-order valence-corrected chi connectivity index (χ3v) is 6.19. The number of amides is 1. The van der Waals surface area contributed by atoms with Crippen molar-refractivity contribution >= 4 is 15.9 Å². The summed E-state index contributed by atoms with van der Waals surface area (Å²) in [5, 5.41) is 2.95. The molecule has 1 amide bonds. The fourth-order valence-electron chi connectivity index (χ4n) is 2.83. The number of carbonyl (C=O) groups is 1. The van der Waals surface area contributed by atoms with Gasteiger partial charge in [-0.1, -0.05) is 25.5 Å². The zero-order valence-electron chi connectivity index (χ0n) is 14.5. The maximum atomic E-state index is 12.7. The number of rotatable bonds is 7. The van der Waals surface area contributed by atoms with E-state index in [1.807, 2.05) is 19.2 Å². The topological polar surface area (TPSA) is 69.7 Å². The van der Waals surface area contributed by atoms with Crippen molar-refractivity contribution in [2.75, 3.05) is 39.8 Å². The van der Waals surface area contributed by atoms with Crippen LogP contribution in [-0.4, -0.2) is 63.3 Å². The minimum absolute atomic E-state index is 0.0744. The molecule has 1 fully saturated rings. The normalized spacial score (nSPS) is 16.3. The Morgan fingerprint density at radius 2 is 1.75 bits per heavy atom. The third-order valence-electron chi connectivity index (χ3n) is 4.28. The van der Waals surface area contributed by atoms with E-state index in [2.05, 4.69) is 12.2 Å². The molecule has 134 valence electrons. The first-order valence-electron chi connectivity index (χ1n) is 8.50. The van der Waals surface area contributed by atoms with Crippen molar-refractivity contribution < 1.29 is 13.2 Å². The smallest absolute Gasteiger partial charge is 0.243 e. The second-order valence-corrected chi connectivity index (χ2v) is 7.97. The molecule has 1 aliphatic rings. The molecule has 0 spiro atoms. The molecule has 0 unspecified atom stereocenters. The Hall–Kier alpha value is -1.44. The molecule has 0 aliphatic carbocycles. The molecule has 1 aromatic rings. The molecule has 24 heavy (non-hydrogen) atoms. The van der Waals surface area contributed by atoms with E-state index < -0.39 is 10.0 Å². The summed E-state index contributed by atoms with van der Waals surface area (Å²) in [6, 6.07) is 7.14. The average Bonchev–Trinajstić information content (AvgIpc) is 2.60. The first-order valence-corrected chi connectivity index (χ1v) is 9.94. The Morgan fingerprint density at radius 3 is 2.29 bits per heavy atom. The zero-order valence-corrected chi connectivity index (χ0v) is 15.3. The van der Waals surface area contributed by atoms with Crippen LogP contribution in [0.4, 0.5) is 0 Å². The fraction of sp³-hybridized carbons (Fsp3) is 0.588. The first-order chi connectivity index (χ1) is 11.5. The molecule has 1 heterocycles. The highest BCUT2D eigenvalue weighted by Crippen LogP contribution is 2.19. The SMILES string of the molecule is CCCc1ccc(S(=O)(=O)N2CCN(C(=O)CCNC)CC2)cc1. The molecular formula is C17H27N3O3S. The molecule has 7 heteroatoms. The van der Waals surface area contributed by atoms with Crippen LogP contribution in [-0.2, 0) is 21.2 Å². The maximum Gasteiger partial charge on any atom is 0.243 e. The number of nitrogens with one attached hydrogen (secondary N) is 1. The van der Waals surface area contributed by atoms with E-state index in [1.54, 1.807) is 17.0 Å². The van der Waals surface area contributed by atoms with E-state index in [4.69, 9.17) is 0 Å². The average molecular weight is 353 g/mol. The van der Waals surface area contributed by atoms with Crippen LogP contribution in [0.15, 0.2) is 29.2 Å². The Kier molecular flexibility index (Phi) is 6.77. The highest BCUT2D eigenvalue weighted by atomic mass is 32.2. The van der Waals surface area contributed by atoms with E-state index in [0.29, 0.717) is 44.0 Å². The minimum Gasteiger partial charge on any atom is -0.340 e. The number of nitrogens with zero attached hydrogens (tertiary/aromatic N) is 2. The van der Waals surface area contributed by atoms with Crippen molar-refractivity contribution in [3.05, 3.63) is 29.8 Å². The number of aryl methyl sites for hydroxylation is 1. The van der Waals surface area contributed by atoms with Crippen molar-refractivity contribution in [3.8, 4) is 0 Å². The summed E-state index contributed by atoms with van der Waals surface area (Å²) in [5.74, 6) is 0.0744. The summed E-state index contributed by atoms with van der Waals surface area (Å²) in [5.41, 5.74) is 1.15. The van der Waals surface area contributed by atoms with Gasteiger partial charge in [-0.25, -0.2) is 8.42 Å². The highest BCUT2D eigenvalue weighted by Gasteiger charge is 2.29. The summed E-state index contributed by atoms with van der Waals surface area (Å²) in [7, 11) is -1.67. The Bertz CT molecular complexity index is 636. The molecule has 0 atom stereocenters. The Balaban J connectivity index is 1.98. The summed E-state index contributed by atoms with van der Waals surface area (Å²) < 4.78 is 26.9. The van der Waals surface area contributed by atoms with E-state index in [0.717, 1.165) is 18.4 Å². The van der Waals surface area contributed by atoms with E-state index in [1.165, 1.54) is 4.31 Å². The summed E-state index contributed by atoms with van der Waals surface area (Å²) >= 11 is 0. The number of sulfonamides is 1.